The highest BCUT2D eigenvalue weighted by Crippen LogP contribution is 2.25. The molecule has 20 heavy (non-hydrogen) atoms. The van der Waals surface area contributed by atoms with Crippen molar-refractivity contribution in [3.63, 3.8) is 0 Å². The van der Waals surface area contributed by atoms with Crippen LogP contribution in [-0.4, -0.2) is 22.1 Å². The Balaban J connectivity index is 2.09. The van der Waals surface area contributed by atoms with Gasteiger partial charge < -0.3 is 10.2 Å². The number of hydrogen-bond acceptors (Lipinski definition) is 1. The average molecular weight is 294 g/mol. The second-order valence-electron chi connectivity index (χ2n) is 5.80. The molecule has 2 rings (SSSR count). The van der Waals surface area contributed by atoms with Crippen LogP contribution in [0.1, 0.15) is 45.1 Å². The van der Waals surface area contributed by atoms with Crippen LogP contribution < -0.4 is 5.32 Å². The summed E-state index contributed by atoms with van der Waals surface area (Å²) in [5.74, 6) is -0.191. The van der Waals surface area contributed by atoms with E-state index in [1.807, 2.05) is 12.1 Å². The number of nitrogens with one attached hydrogen (secondary N) is 1. The first-order valence-electron chi connectivity index (χ1n) is 7.38. The zero-order chi connectivity index (χ0) is 14.5. The van der Waals surface area contributed by atoms with E-state index >= 15 is 0 Å². The van der Waals surface area contributed by atoms with Crippen molar-refractivity contribution in [2.45, 2.75) is 58.2 Å². The van der Waals surface area contributed by atoms with Gasteiger partial charge in [0, 0.05) is 18.6 Å². The largest absolute Gasteiger partial charge is 0.360 e. The van der Waals surface area contributed by atoms with Crippen molar-refractivity contribution in [3.05, 3.63) is 35.6 Å². The molecule has 1 saturated carbocycles. The van der Waals surface area contributed by atoms with Crippen molar-refractivity contribution >= 4 is 17.3 Å². The van der Waals surface area contributed by atoms with Gasteiger partial charge in [-0.2, -0.15) is 0 Å². The van der Waals surface area contributed by atoms with Gasteiger partial charge in [0.1, 0.15) is 5.82 Å². The average Bonchev–Trinajstić information content (AvgIpc) is 2.90. The highest BCUT2D eigenvalue weighted by Gasteiger charge is 2.24. The minimum Gasteiger partial charge on any atom is -0.360 e. The van der Waals surface area contributed by atoms with Crippen molar-refractivity contribution in [2.75, 3.05) is 0 Å². The minimum atomic E-state index is -0.191. The third kappa shape index (κ3) is 4.17. The summed E-state index contributed by atoms with van der Waals surface area (Å²) in [6.45, 7) is 4.94. The van der Waals surface area contributed by atoms with E-state index in [0.29, 0.717) is 12.1 Å². The smallest absolute Gasteiger partial charge is 0.169 e. The van der Waals surface area contributed by atoms with Gasteiger partial charge in [0.15, 0.2) is 5.11 Å². The van der Waals surface area contributed by atoms with Crippen molar-refractivity contribution in [1.29, 1.82) is 0 Å². The van der Waals surface area contributed by atoms with Crippen molar-refractivity contribution in [1.82, 2.24) is 10.2 Å². The number of halogens is 1. The molecule has 110 valence electrons. The molecule has 0 heterocycles. The van der Waals surface area contributed by atoms with Crippen LogP contribution in [0.2, 0.25) is 0 Å². The lowest BCUT2D eigenvalue weighted by molar-refractivity contribution is 0.301. The first-order chi connectivity index (χ1) is 9.56. The van der Waals surface area contributed by atoms with E-state index in [1.165, 1.54) is 37.8 Å². The van der Waals surface area contributed by atoms with E-state index in [1.54, 1.807) is 0 Å². The monoisotopic (exact) mass is 294 g/mol. The first kappa shape index (κ1) is 15.2. The molecule has 0 amide bonds. The quantitative estimate of drug-likeness (QED) is 0.849. The molecule has 1 fully saturated rings. The van der Waals surface area contributed by atoms with E-state index in [2.05, 4.69) is 24.1 Å². The zero-order valence-electron chi connectivity index (χ0n) is 12.2. The Bertz CT molecular complexity index is 438. The van der Waals surface area contributed by atoms with E-state index < -0.39 is 0 Å². The van der Waals surface area contributed by atoms with E-state index in [0.717, 1.165) is 17.2 Å². The summed E-state index contributed by atoms with van der Waals surface area (Å²) < 4.78 is 13.0. The Labute approximate surface area is 126 Å². The predicted molar refractivity (Wildman–Crippen MR) is 85.1 cm³/mol. The molecule has 0 bridgehead atoms. The second-order valence-corrected chi connectivity index (χ2v) is 6.18. The fourth-order valence-corrected chi connectivity index (χ4v) is 3.15. The molecular weight excluding hydrogens is 271 g/mol. The van der Waals surface area contributed by atoms with Gasteiger partial charge in [-0.05, 0) is 56.6 Å². The summed E-state index contributed by atoms with van der Waals surface area (Å²) in [6.07, 6.45) is 4.94. The summed E-state index contributed by atoms with van der Waals surface area (Å²) in [6, 6.07) is 7.56. The molecule has 1 aliphatic carbocycles. The summed E-state index contributed by atoms with van der Waals surface area (Å²) in [5, 5.41) is 4.15. The van der Waals surface area contributed by atoms with Gasteiger partial charge in [0.05, 0.1) is 0 Å². The Morgan fingerprint density at radius 3 is 2.45 bits per heavy atom. The van der Waals surface area contributed by atoms with Crippen molar-refractivity contribution in [3.8, 4) is 0 Å². The molecule has 0 aromatic heterocycles. The number of hydrogen-bond donors (Lipinski definition) is 1. The van der Waals surface area contributed by atoms with Gasteiger partial charge in [0.25, 0.3) is 0 Å². The van der Waals surface area contributed by atoms with Crippen LogP contribution >= 0.6 is 12.2 Å². The molecule has 2 nitrogen and oxygen atoms in total. The fraction of sp³-hybridized carbons (Fsp3) is 0.562. The van der Waals surface area contributed by atoms with Gasteiger partial charge in [-0.3, -0.25) is 0 Å². The van der Waals surface area contributed by atoms with Gasteiger partial charge in [-0.1, -0.05) is 25.0 Å². The first-order valence-corrected chi connectivity index (χ1v) is 7.78. The molecule has 0 atom stereocenters. The molecule has 0 aliphatic heterocycles. The fourth-order valence-electron chi connectivity index (χ4n) is 2.70. The number of benzene rings is 1. The maximum absolute atomic E-state index is 13.0. The Hall–Kier alpha value is -1.16. The summed E-state index contributed by atoms with van der Waals surface area (Å²) in [5.41, 5.74) is 1.10. The van der Waals surface area contributed by atoms with Gasteiger partial charge in [-0.15, -0.1) is 0 Å². The molecular formula is C16H23FN2S. The van der Waals surface area contributed by atoms with E-state index in [4.69, 9.17) is 12.2 Å². The minimum absolute atomic E-state index is 0.191. The topological polar surface area (TPSA) is 15.3 Å². The Kier molecular flexibility index (Phi) is 5.35. The third-order valence-corrected chi connectivity index (χ3v) is 4.06. The number of thiocarbonyl (C=S) groups is 1. The maximum atomic E-state index is 13.0. The number of nitrogens with zero attached hydrogens (tertiary/aromatic N) is 1. The second kappa shape index (κ2) is 7.02. The van der Waals surface area contributed by atoms with Crippen LogP contribution in [0.5, 0.6) is 0 Å². The molecule has 0 radical (unpaired) electrons. The van der Waals surface area contributed by atoms with Gasteiger partial charge >= 0.3 is 0 Å². The summed E-state index contributed by atoms with van der Waals surface area (Å²) in [4.78, 5) is 2.27. The highest BCUT2D eigenvalue weighted by atomic mass is 32.1. The van der Waals surface area contributed by atoms with Crippen molar-refractivity contribution in [2.24, 2.45) is 0 Å². The van der Waals surface area contributed by atoms with Crippen molar-refractivity contribution < 1.29 is 4.39 Å². The lowest BCUT2D eigenvalue weighted by Crippen LogP contribution is -2.46. The molecule has 4 heteroatoms. The lowest BCUT2D eigenvalue weighted by atomic mass is 10.1. The van der Waals surface area contributed by atoms with Gasteiger partial charge in [0.2, 0.25) is 0 Å². The molecule has 1 aromatic rings. The Morgan fingerprint density at radius 1 is 1.30 bits per heavy atom. The normalized spacial score (nSPS) is 15.6. The van der Waals surface area contributed by atoms with Gasteiger partial charge in [-0.25, -0.2) is 4.39 Å². The predicted octanol–water partition coefficient (Wildman–Crippen LogP) is 3.85. The number of rotatable bonds is 4. The molecule has 1 aromatic carbocycles. The van der Waals surface area contributed by atoms with Crippen LogP contribution in [0.3, 0.4) is 0 Å². The van der Waals surface area contributed by atoms with E-state index in [9.17, 15) is 4.39 Å². The summed E-state index contributed by atoms with van der Waals surface area (Å²) >= 11 is 5.55. The molecule has 1 aliphatic rings. The van der Waals surface area contributed by atoms with Crippen LogP contribution in [0.4, 0.5) is 4.39 Å². The van der Waals surface area contributed by atoms with Crippen LogP contribution in [0.25, 0.3) is 0 Å². The van der Waals surface area contributed by atoms with Crippen LogP contribution in [0, 0.1) is 5.82 Å². The SMILES string of the molecule is CC(C)NC(=S)N(Cc1ccc(F)cc1)C1CCCC1. The van der Waals surface area contributed by atoms with Crippen LogP contribution in [0.15, 0.2) is 24.3 Å². The third-order valence-electron chi connectivity index (χ3n) is 3.70. The van der Waals surface area contributed by atoms with Crippen LogP contribution in [-0.2, 0) is 6.54 Å². The summed E-state index contributed by atoms with van der Waals surface area (Å²) in [7, 11) is 0. The maximum Gasteiger partial charge on any atom is 0.169 e. The molecule has 0 unspecified atom stereocenters. The molecule has 0 spiro atoms. The molecule has 1 N–H and O–H groups in total. The zero-order valence-corrected chi connectivity index (χ0v) is 13.0. The standard InChI is InChI=1S/C16H23FN2S/c1-12(2)18-16(20)19(15-5-3-4-6-15)11-13-7-9-14(17)10-8-13/h7-10,12,15H,3-6,11H2,1-2H3,(H,18,20). The van der Waals surface area contributed by atoms with E-state index in [-0.39, 0.29) is 5.82 Å². The lowest BCUT2D eigenvalue weighted by Gasteiger charge is -2.32. The molecule has 0 saturated heterocycles. The Morgan fingerprint density at radius 2 is 1.90 bits per heavy atom. The highest BCUT2D eigenvalue weighted by molar-refractivity contribution is 7.80.